The van der Waals surface area contributed by atoms with E-state index in [0.29, 0.717) is 0 Å². The maximum Gasteiger partial charge on any atom is 0.212 e. The molecule has 6 nitrogen and oxygen atoms in total. The van der Waals surface area contributed by atoms with Gasteiger partial charge in [-0.15, -0.1) is 22.7 Å². The Morgan fingerprint density at radius 2 is 1.23 bits per heavy atom. The third-order valence-corrected chi connectivity index (χ3v) is 6.00. The van der Waals surface area contributed by atoms with Crippen molar-refractivity contribution in [1.29, 1.82) is 0 Å². The van der Waals surface area contributed by atoms with Gasteiger partial charge in [0, 0.05) is 21.6 Å². The number of nitrogens with one attached hydrogen (secondary N) is 2. The molecule has 0 spiro atoms. The zero-order valence-electron chi connectivity index (χ0n) is 10.7. The van der Waals surface area contributed by atoms with Crippen LogP contribution in [-0.2, 0) is 0 Å². The molecule has 2 aromatic heterocycles. The predicted molar refractivity (Wildman–Crippen MR) is 95.8 cm³/mol. The first kappa shape index (κ1) is 12.9. The van der Waals surface area contributed by atoms with E-state index in [4.69, 9.17) is 0 Å². The van der Waals surface area contributed by atoms with E-state index in [1.807, 2.05) is 21.6 Å². The van der Waals surface area contributed by atoms with E-state index >= 15 is 0 Å². The number of nitrogens with zero attached hydrogens (tertiary/aromatic N) is 4. The minimum atomic E-state index is 0.730. The average molecular weight is 362 g/mol. The molecule has 22 heavy (non-hydrogen) atoms. The molecule has 2 aromatic rings. The topological polar surface area (TPSA) is 74.6 Å². The number of aliphatic imine (C=N–C) groups is 2. The summed E-state index contributed by atoms with van der Waals surface area (Å²) in [5.74, 6) is 0. The molecule has 0 fully saturated rings. The average Bonchev–Trinajstić information content (AvgIpc) is 3.24. The van der Waals surface area contributed by atoms with E-state index in [1.165, 1.54) is 22.7 Å². The standard InChI is InChI=1S/C12H6N6S4/c1-5-6-2-20-10(14-6)18-12-16-8(4-22-12)7-3-21-11(15-7)17-9(13-5)19-1/h1-4H,(H,13,15,17)(H,14,16,18). The number of aromatic nitrogens is 2. The van der Waals surface area contributed by atoms with Crippen LogP contribution in [0.4, 0.5) is 10.3 Å². The molecule has 0 atom stereocenters. The Labute approximate surface area is 141 Å². The van der Waals surface area contributed by atoms with Gasteiger partial charge in [-0.25, -0.2) is 9.97 Å². The Bertz CT molecular complexity index is 828. The molecule has 10 heteroatoms. The summed E-state index contributed by atoms with van der Waals surface area (Å²) in [5, 5.41) is 17.7. The van der Waals surface area contributed by atoms with Crippen LogP contribution in [0.15, 0.2) is 31.6 Å². The van der Waals surface area contributed by atoms with Crippen LogP contribution in [0.5, 0.6) is 0 Å². The second-order valence-electron chi connectivity index (χ2n) is 4.41. The Kier molecular flexibility index (Phi) is 2.90. The third-order valence-electron chi connectivity index (χ3n) is 2.99. The molecule has 3 aliphatic rings. The van der Waals surface area contributed by atoms with E-state index in [0.717, 1.165) is 43.4 Å². The van der Waals surface area contributed by atoms with E-state index in [9.17, 15) is 0 Å². The molecule has 108 valence electrons. The summed E-state index contributed by atoms with van der Waals surface area (Å²) < 4.78 is 0. The second-order valence-corrected chi connectivity index (χ2v) is 7.80. The van der Waals surface area contributed by atoms with Gasteiger partial charge in [-0.1, -0.05) is 23.5 Å². The molecule has 5 heterocycles. The van der Waals surface area contributed by atoms with Gasteiger partial charge in [0.05, 0.1) is 11.4 Å². The van der Waals surface area contributed by atoms with Crippen molar-refractivity contribution in [3.63, 3.8) is 0 Å². The van der Waals surface area contributed by atoms with E-state index in [-0.39, 0.29) is 0 Å². The van der Waals surface area contributed by atoms with Crippen LogP contribution >= 0.6 is 46.2 Å². The monoisotopic (exact) mass is 362 g/mol. The number of thioether (sulfide) groups is 2. The molecule has 0 saturated heterocycles. The summed E-state index contributed by atoms with van der Waals surface area (Å²) >= 11 is 6.12. The second kappa shape index (κ2) is 4.95. The van der Waals surface area contributed by atoms with Gasteiger partial charge in [-0.3, -0.25) is 0 Å². The molecule has 3 aliphatic heterocycles. The number of amidine groups is 2. The van der Waals surface area contributed by atoms with Crippen molar-refractivity contribution in [1.82, 2.24) is 20.6 Å². The van der Waals surface area contributed by atoms with Gasteiger partial charge in [0.2, 0.25) is 10.3 Å². The number of hydrogen-bond donors (Lipinski definition) is 2. The quantitative estimate of drug-likeness (QED) is 0.746. The third kappa shape index (κ3) is 2.19. The van der Waals surface area contributed by atoms with Crippen LogP contribution in [0.1, 0.15) is 11.4 Å². The summed E-state index contributed by atoms with van der Waals surface area (Å²) in [6.07, 6.45) is 0. The first-order valence-corrected chi connectivity index (χ1v) is 9.72. The highest BCUT2D eigenvalue weighted by atomic mass is 32.2. The number of thiazole rings is 2. The SMILES string of the molecule is C1=C2NC(=Nc3nc(cs3)C3=CSC(=Nc4nc2cs4)N3)S1. The highest BCUT2D eigenvalue weighted by Gasteiger charge is 2.20. The van der Waals surface area contributed by atoms with Crippen LogP contribution in [-0.4, -0.2) is 20.3 Å². The highest BCUT2D eigenvalue weighted by Crippen LogP contribution is 2.33. The van der Waals surface area contributed by atoms with Crippen molar-refractivity contribution in [2.45, 2.75) is 0 Å². The lowest BCUT2D eigenvalue weighted by Crippen LogP contribution is -2.14. The molecule has 5 rings (SSSR count). The van der Waals surface area contributed by atoms with Crippen LogP contribution in [0.25, 0.3) is 11.4 Å². The Hall–Kier alpha value is -1.62. The van der Waals surface area contributed by atoms with E-state index in [1.54, 1.807) is 23.5 Å². The normalized spacial score (nSPS) is 18.5. The minimum absolute atomic E-state index is 0.730. The Balaban J connectivity index is 1.64. The van der Waals surface area contributed by atoms with Gasteiger partial charge >= 0.3 is 0 Å². The van der Waals surface area contributed by atoms with Crippen molar-refractivity contribution in [3.05, 3.63) is 33.0 Å². The van der Waals surface area contributed by atoms with Gasteiger partial charge in [-0.05, 0) is 0 Å². The summed E-state index contributed by atoms with van der Waals surface area (Å²) in [6, 6.07) is 0. The van der Waals surface area contributed by atoms with Gasteiger partial charge in [-0.2, -0.15) is 9.98 Å². The van der Waals surface area contributed by atoms with E-state index < -0.39 is 0 Å². The Morgan fingerprint density at radius 3 is 1.73 bits per heavy atom. The van der Waals surface area contributed by atoms with Crippen molar-refractivity contribution < 1.29 is 0 Å². The van der Waals surface area contributed by atoms with Crippen molar-refractivity contribution >= 4 is 78.2 Å². The fraction of sp³-hybridized carbons (Fsp3) is 0. The lowest BCUT2D eigenvalue weighted by molar-refractivity contribution is 1.20. The molecule has 0 amide bonds. The first-order chi connectivity index (χ1) is 10.8. The number of fused-ring (bicyclic) bond motifs is 10. The largest absolute Gasteiger partial charge is 0.332 e. The summed E-state index contributed by atoms with van der Waals surface area (Å²) in [6.45, 7) is 0. The molecular formula is C12H6N6S4. The zero-order chi connectivity index (χ0) is 14.5. The first-order valence-electron chi connectivity index (χ1n) is 6.20. The maximum atomic E-state index is 4.55. The van der Waals surface area contributed by atoms with Crippen molar-refractivity contribution in [3.8, 4) is 0 Å². The maximum absolute atomic E-state index is 4.55. The smallest absolute Gasteiger partial charge is 0.212 e. The van der Waals surface area contributed by atoms with Crippen LogP contribution in [0.2, 0.25) is 0 Å². The molecule has 2 N–H and O–H groups in total. The van der Waals surface area contributed by atoms with Crippen molar-refractivity contribution in [2.75, 3.05) is 0 Å². The van der Waals surface area contributed by atoms with Crippen LogP contribution in [0.3, 0.4) is 0 Å². The molecule has 0 radical (unpaired) electrons. The van der Waals surface area contributed by atoms with Crippen LogP contribution < -0.4 is 10.6 Å². The predicted octanol–water partition coefficient (Wildman–Crippen LogP) is 3.56. The lowest BCUT2D eigenvalue weighted by atomic mass is 10.4. The molecule has 0 aliphatic carbocycles. The van der Waals surface area contributed by atoms with Gasteiger partial charge in [0.1, 0.15) is 11.4 Å². The summed E-state index contributed by atoms with van der Waals surface area (Å²) in [4.78, 5) is 18.2. The van der Waals surface area contributed by atoms with Gasteiger partial charge < -0.3 is 10.6 Å². The fourth-order valence-electron chi connectivity index (χ4n) is 1.99. The van der Waals surface area contributed by atoms with Gasteiger partial charge in [0.25, 0.3) is 0 Å². The highest BCUT2D eigenvalue weighted by molar-refractivity contribution is 8.17. The zero-order valence-corrected chi connectivity index (χ0v) is 14.0. The van der Waals surface area contributed by atoms with Gasteiger partial charge in [0.15, 0.2) is 10.3 Å². The molecule has 8 bridgehead atoms. The summed E-state index contributed by atoms with van der Waals surface area (Å²) in [7, 11) is 0. The number of hydrogen-bond acceptors (Lipinski definition) is 10. The summed E-state index contributed by atoms with van der Waals surface area (Å²) in [5.41, 5.74) is 3.67. The minimum Gasteiger partial charge on any atom is -0.332 e. The van der Waals surface area contributed by atoms with Crippen molar-refractivity contribution in [2.24, 2.45) is 9.98 Å². The van der Waals surface area contributed by atoms with E-state index in [2.05, 4.69) is 30.6 Å². The Morgan fingerprint density at radius 1 is 0.727 bits per heavy atom. The molecule has 0 aromatic carbocycles. The molecule has 0 unspecified atom stereocenters. The van der Waals surface area contributed by atoms with Crippen LogP contribution in [0, 0.1) is 0 Å². The molecule has 0 saturated carbocycles. The fourth-order valence-corrected chi connectivity index (χ4v) is 4.92. The lowest BCUT2D eigenvalue weighted by Gasteiger charge is -2.01. The molecular weight excluding hydrogens is 356 g/mol. The number of rotatable bonds is 0.